The summed E-state index contributed by atoms with van der Waals surface area (Å²) in [7, 11) is 0. The van der Waals surface area contributed by atoms with Gasteiger partial charge in [-0.05, 0) is 18.6 Å². The monoisotopic (exact) mass is 272 g/mol. The van der Waals surface area contributed by atoms with Crippen LogP contribution in [0, 0.1) is 0 Å². The maximum Gasteiger partial charge on any atom is 0.267 e. The molecule has 0 bridgehead atoms. The second-order valence-electron chi connectivity index (χ2n) is 4.13. The molecule has 0 radical (unpaired) electrons. The molecule has 1 heterocycles. The molecule has 0 saturated carbocycles. The Balaban J connectivity index is 1.75. The maximum atomic E-state index is 11.8. The predicted molar refractivity (Wildman–Crippen MR) is 74.5 cm³/mol. The number of aromatic nitrogens is 2. The molecule has 2 rings (SSSR count). The number of anilines is 1. The largest absolute Gasteiger partial charge is 0.364 e. The predicted octanol–water partition coefficient (Wildman–Crippen LogP) is 1.52. The Morgan fingerprint density at radius 3 is 2.60 bits per heavy atom. The van der Waals surface area contributed by atoms with E-state index in [1.54, 1.807) is 25.4 Å². The van der Waals surface area contributed by atoms with Crippen LogP contribution >= 0.6 is 0 Å². The average molecular weight is 272 g/mol. The zero-order chi connectivity index (χ0) is 14.2. The highest BCUT2D eigenvalue weighted by atomic mass is 16.5. The van der Waals surface area contributed by atoms with Crippen molar-refractivity contribution in [1.29, 1.82) is 0 Å². The van der Waals surface area contributed by atoms with Gasteiger partial charge in [0.1, 0.15) is 6.10 Å². The Morgan fingerprint density at radius 1 is 1.20 bits per heavy atom. The van der Waals surface area contributed by atoms with Gasteiger partial charge in [0.15, 0.2) is 0 Å². The molecule has 0 saturated heterocycles. The number of hydrazine groups is 1. The maximum absolute atomic E-state index is 11.8. The molecule has 0 unspecified atom stereocenters. The van der Waals surface area contributed by atoms with Gasteiger partial charge in [-0.1, -0.05) is 30.3 Å². The van der Waals surface area contributed by atoms with Crippen LogP contribution in [-0.2, 0) is 16.1 Å². The fourth-order valence-corrected chi connectivity index (χ4v) is 1.45. The molecule has 6 heteroatoms. The van der Waals surface area contributed by atoms with Gasteiger partial charge < -0.3 is 4.74 Å². The molecule has 2 N–H and O–H groups in total. The molecule has 0 spiro atoms. The van der Waals surface area contributed by atoms with E-state index in [-0.39, 0.29) is 5.91 Å². The summed E-state index contributed by atoms with van der Waals surface area (Å²) >= 11 is 0. The lowest BCUT2D eigenvalue weighted by Gasteiger charge is -2.13. The highest BCUT2D eigenvalue weighted by Gasteiger charge is 2.13. The topological polar surface area (TPSA) is 76.1 Å². The number of carbonyl (C=O) groups is 1. The molecule has 0 aliphatic rings. The fraction of sp³-hybridized carbons (Fsp3) is 0.214. The van der Waals surface area contributed by atoms with Crippen molar-refractivity contribution in [2.45, 2.75) is 19.6 Å². The number of hydrogen-bond donors (Lipinski definition) is 2. The first-order valence-corrected chi connectivity index (χ1v) is 6.24. The Hall–Kier alpha value is -2.47. The Kier molecular flexibility index (Phi) is 5.02. The number of benzene rings is 1. The zero-order valence-corrected chi connectivity index (χ0v) is 11.1. The standard InChI is InChI=1S/C14H16N4O2/c1-11(20-10-12-6-3-2-4-7-12)13(19)17-18-14-15-8-5-9-16-14/h2-9,11H,10H2,1H3,(H,17,19)(H,15,16,18)/t11-/m1/s1. The summed E-state index contributed by atoms with van der Waals surface area (Å²) in [4.78, 5) is 19.6. The van der Waals surface area contributed by atoms with Crippen LogP contribution in [0.25, 0.3) is 0 Å². The van der Waals surface area contributed by atoms with Crippen molar-refractivity contribution in [2.75, 3.05) is 5.43 Å². The first-order chi connectivity index (χ1) is 9.75. The van der Waals surface area contributed by atoms with E-state index in [0.717, 1.165) is 5.56 Å². The first kappa shape index (κ1) is 14.0. The third kappa shape index (κ3) is 4.33. The fourth-order valence-electron chi connectivity index (χ4n) is 1.45. The van der Waals surface area contributed by atoms with Gasteiger partial charge in [0, 0.05) is 12.4 Å². The molecule has 6 nitrogen and oxygen atoms in total. The van der Waals surface area contributed by atoms with Crippen LogP contribution in [0.3, 0.4) is 0 Å². The molecule has 0 aliphatic heterocycles. The number of ether oxygens (including phenoxy) is 1. The summed E-state index contributed by atoms with van der Waals surface area (Å²) < 4.78 is 5.49. The minimum absolute atomic E-state index is 0.284. The Morgan fingerprint density at radius 2 is 1.90 bits per heavy atom. The second kappa shape index (κ2) is 7.20. The summed E-state index contributed by atoms with van der Waals surface area (Å²) in [5.41, 5.74) is 6.14. The minimum atomic E-state index is -0.577. The summed E-state index contributed by atoms with van der Waals surface area (Å²) in [6.45, 7) is 2.07. The van der Waals surface area contributed by atoms with E-state index in [1.165, 1.54) is 0 Å². The Bertz CT molecular complexity index is 533. The number of hydrogen-bond acceptors (Lipinski definition) is 5. The van der Waals surface area contributed by atoms with Gasteiger partial charge in [0.2, 0.25) is 5.95 Å². The lowest BCUT2D eigenvalue weighted by molar-refractivity contribution is -0.131. The van der Waals surface area contributed by atoms with Gasteiger partial charge in [-0.3, -0.25) is 15.6 Å². The summed E-state index contributed by atoms with van der Waals surface area (Å²) in [6.07, 6.45) is 2.58. The molecule has 0 fully saturated rings. The van der Waals surface area contributed by atoms with Gasteiger partial charge in [0.05, 0.1) is 6.61 Å². The quantitative estimate of drug-likeness (QED) is 0.780. The molecule has 1 aromatic heterocycles. The van der Waals surface area contributed by atoms with E-state index < -0.39 is 6.10 Å². The molecule has 104 valence electrons. The van der Waals surface area contributed by atoms with E-state index in [9.17, 15) is 4.79 Å². The molecule has 1 amide bonds. The van der Waals surface area contributed by atoms with Crippen molar-refractivity contribution in [2.24, 2.45) is 0 Å². The second-order valence-corrected chi connectivity index (χ2v) is 4.13. The molecular formula is C14H16N4O2. The van der Waals surface area contributed by atoms with E-state index in [0.29, 0.717) is 12.6 Å². The van der Waals surface area contributed by atoms with Crippen LogP contribution in [-0.4, -0.2) is 22.0 Å². The van der Waals surface area contributed by atoms with Crippen molar-refractivity contribution in [3.8, 4) is 0 Å². The minimum Gasteiger partial charge on any atom is -0.364 e. The summed E-state index contributed by atoms with van der Waals surface area (Å²) in [5.74, 6) is 0.0458. The highest BCUT2D eigenvalue weighted by Crippen LogP contribution is 2.03. The third-order valence-electron chi connectivity index (χ3n) is 2.58. The molecule has 0 aliphatic carbocycles. The van der Waals surface area contributed by atoms with Crippen LogP contribution in [0.4, 0.5) is 5.95 Å². The number of nitrogens with zero attached hydrogens (tertiary/aromatic N) is 2. The number of rotatable bonds is 6. The SMILES string of the molecule is C[C@@H](OCc1ccccc1)C(=O)NNc1ncccn1. The van der Waals surface area contributed by atoms with Crippen molar-refractivity contribution >= 4 is 11.9 Å². The van der Waals surface area contributed by atoms with Gasteiger partial charge in [-0.2, -0.15) is 0 Å². The van der Waals surface area contributed by atoms with E-state index in [4.69, 9.17) is 4.74 Å². The summed E-state index contributed by atoms with van der Waals surface area (Å²) in [5, 5.41) is 0. The van der Waals surface area contributed by atoms with Crippen LogP contribution in [0.15, 0.2) is 48.8 Å². The number of amides is 1. The van der Waals surface area contributed by atoms with E-state index >= 15 is 0 Å². The van der Waals surface area contributed by atoms with Crippen LogP contribution < -0.4 is 10.9 Å². The Labute approximate surface area is 117 Å². The zero-order valence-electron chi connectivity index (χ0n) is 11.1. The number of nitrogens with one attached hydrogen (secondary N) is 2. The van der Waals surface area contributed by atoms with Crippen molar-refractivity contribution in [1.82, 2.24) is 15.4 Å². The van der Waals surface area contributed by atoms with Gasteiger partial charge in [-0.15, -0.1) is 0 Å². The highest BCUT2D eigenvalue weighted by molar-refractivity contribution is 5.81. The third-order valence-corrected chi connectivity index (χ3v) is 2.58. The van der Waals surface area contributed by atoms with E-state index in [1.807, 2.05) is 30.3 Å². The van der Waals surface area contributed by atoms with Crippen LogP contribution in [0.5, 0.6) is 0 Å². The number of carbonyl (C=O) groups excluding carboxylic acids is 1. The van der Waals surface area contributed by atoms with E-state index in [2.05, 4.69) is 20.8 Å². The lowest BCUT2D eigenvalue weighted by atomic mass is 10.2. The van der Waals surface area contributed by atoms with Gasteiger partial charge in [-0.25, -0.2) is 9.97 Å². The molecule has 2 aromatic rings. The van der Waals surface area contributed by atoms with Crippen molar-refractivity contribution < 1.29 is 9.53 Å². The molecule has 20 heavy (non-hydrogen) atoms. The van der Waals surface area contributed by atoms with Gasteiger partial charge >= 0.3 is 0 Å². The van der Waals surface area contributed by atoms with Crippen molar-refractivity contribution in [3.63, 3.8) is 0 Å². The smallest absolute Gasteiger partial charge is 0.267 e. The summed E-state index contributed by atoms with van der Waals surface area (Å²) in [6, 6.07) is 11.4. The molecule has 1 atom stereocenters. The average Bonchev–Trinajstić information content (AvgIpc) is 2.52. The first-order valence-electron chi connectivity index (χ1n) is 6.24. The molecular weight excluding hydrogens is 256 g/mol. The van der Waals surface area contributed by atoms with Crippen LogP contribution in [0.1, 0.15) is 12.5 Å². The van der Waals surface area contributed by atoms with Gasteiger partial charge in [0.25, 0.3) is 5.91 Å². The van der Waals surface area contributed by atoms with Crippen molar-refractivity contribution in [3.05, 3.63) is 54.4 Å². The molecule has 1 aromatic carbocycles. The lowest BCUT2D eigenvalue weighted by Crippen LogP contribution is -2.38. The normalized spacial score (nSPS) is 11.7. The van der Waals surface area contributed by atoms with Crippen LogP contribution in [0.2, 0.25) is 0 Å².